The maximum Gasteiger partial charge on any atom is 0.188 e. The summed E-state index contributed by atoms with van der Waals surface area (Å²) >= 11 is -1.95. The van der Waals surface area contributed by atoms with Gasteiger partial charge in [-0.25, -0.2) is 4.21 Å². The smallest absolute Gasteiger partial charge is 0.188 e. The van der Waals surface area contributed by atoms with Crippen LogP contribution in [-0.2, 0) is 11.1 Å². The van der Waals surface area contributed by atoms with Crippen LogP contribution in [0.15, 0.2) is 29.3 Å². The Hall–Kier alpha value is -1.33. The zero-order chi connectivity index (χ0) is 11.8. The van der Waals surface area contributed by atoms with Gasteiger partial charge in [0.1, 0.15) is 5.75 Å². The Labute approximate surface area is 101 Å². The molecule has 1 aromatic heterocycles. The highest BCUT2D eigenvalue weighted by Gasteiger charge is 2.22. The van der Waals surface area contributed by atoms with E-state index in [-0.39, 0.29) is 0 Å². The second-order valence-corrected chi connectivity index (χ2v) is 5.30. The second kappa shape index (κ2) is 4.16. The number of hydrogen-bond donors (Lipinski definition) is 2. The standard InChI is InChI=1S/C12H13NO3S/c14-17(15)12-6-13-11-5-9(3-4-10(11)12)16-7-8-1-2-8/h3-6,8,13H,1-2,7H2,(H,14,15). The van der Waals surface area contributed by atoms with E-state index in [1.165, 1.54) is 12.8 Å². The highest BCUT2D eigenvalue weighted by molar-refractivity contribution is 7.79. The van der Waals surface area contributed by atoms with E-state index in [0.29, 0.717) is 4.90 Å². The van der Waals surface area contributed by atoms with Gasteiger partial charge < -0.3 is 14.3 Å². The summed E-state index contributed by atoms with van der Waals surface area (Å²) in [6, 6.07) is 5.53. The summed E-state index contributed by atoms with van der Waals surface area (Å²) in [5, 5.41) is 0.768. The van der Waals surface area contributed by atoms with Gasteiger partial charge in [0, 0.05) is 17.6 Å². The molecule has 1 heterocycles. The molecular weight excluding hydrogens is 238 g/mol. The molecule has 0 bridgehead atoms. The minimum absolute atomic E-state index is 0.411. The van der Waals surface area contributed by atoms with E-state index in [1.807, 2.05) is 18.2 Å². The van der Waals surface area contributed by atoms with Crippen LogP contribution in [0.1, 0.15) is 12.8 Å². The van der Waals surface area contributed by atoms with Crippen LogP contribution in [0.2, 0.25) is 0 Å². The first-order valence-corrected chi connectivity index (χ1v) is 6.69. The predicted octanol–water partition coefficient (Wildman–Crippen LogP) is 2.54. The molecule has 0 saturated heterocycles. The van der Waals surface area contributed by atoms with Crippen LogP contribution in [0, 0.1) is 5.92 Å². The molecule has 1 aliphatic carbocycles. The van der Waals surface area contributed by atoms with Crippen molar-refractivity contribution in [3.05, 3.63) is 24.4 Å². The van der Waals surface area contributed by atoms with Crippen molar-refractivity contribution in [3.63, 3.8) is 0 Å². The van der Waals surface area contributed by atoms with E-state index in [2.05, 4.69) is 4.98 Å². The lowest BCUT2D eigenvalue weighted by atomic mass is 10.2. The third kappa shape index (κ3) is 2.21. The summed E-state index contributed by atoms with van der Waals surface area (Å²) in [5.41, 5.74) is 0.829. The van der Waals surface area contributed by atoms with Crippen molar-refractivity contribution >= 4 is 22.0 Å². The number of rotatable bonds is 4. The highest BCUT2D eigenvalue weighted by Crippen LogP contribution is 2.30. The molecule has 1 aliphatic rings. The van der Waals surface area contributed by atoms with Gasteiger partial charge in [-0.05, 0) is 30.9 Å². The quantitative estimate of drug-likeness (QED) is 0.821. The van der Waals surface area contributed by atoms with Gasteiger partial charge >= 0.3 is 0 Å². The molecule has 1 aromatic carbocycles. The lowest BCUT2D eigenvalue weighted by Gasteiger charge is -2.04. The molecule has 0 spiro atoms. The fourth-order valence-corrected chi connectivity index (χ4v) is 2.34. The molecule has 2 N–H and O–H groups in total. The van der Waals surface area contributed by atoms with Gasteiger partial charge in [0.25, 0.3) is 0 Å². The number of H-pyrrole nitrogens is 1. The third-order valence-corrected chi connectivity index (χ3v) is 3.70. The fourth-order valence-electron chi connectivity index (χ4n) is 1.81. The minimum Gasteiger partial charge on any atom is -0.493 e. The molecule has 0 amide bonds. The van der Waals surface area contributed by atoms with Gasteiger partial charge in [0.2, 0.25) is 0 Å². The molecule has 0 radical (unpaired) electrons. The maximum atomic E-state index is 11.0. The van der Waals surface area contributed by atoms with Crippen molar-refractivity contribution in [3.8, 4) is 5.75 Å². The number of nitrogens with one attached hydrogen (secondary N) is 1. The van der Waals surface area contributed by atoms with E-state index in [0.717, 1.165) is 29.2 Å². The zero-order valence-corrected chi connectivity index (χ0v) is 10.00. The number of fused-ring (bicyclic) bond motifs is 1. The molecule has 1 atom stereocenters. The van der Waals surface area contributed by atoms with Crippen LogP contribution in [0.5, 0.6) is 5.75 Å². The SMILES string of the molecule is O=S(O)c1c[nH]c2cc(OCC3CC3)ccc12. The number of benzene rings is 1. The number of hydrogen-bond acceptors (Lipinski definition) is 2. The number of aromatic amines is 1. The first-order chi connectivity index (χ1) is 8.24. The van der Waals surface area contributed by atoms with Crippen molar-refractivity contribution in [2.45, 2.75) is 17.7 Å². The van der Waals surface area contributed by atoms with Crippen LogP contribution >= 0.6 is 0 Å². The van der Waals surface area contributed by atoms with Gasteiger partial charge in [-0.15, -0.1) is 0 Å². The number of ether oxygens (including phenoxy) is 1. The Kier molecular flexibility index (Phi) is 2.64. The maximum absolute atomic E-state index is 11.0. The average Bonchev–Trinajstić information content (AvgIpc) is 3.04. The van der Waals surface area contributed by atoms with E-state index in [4.69, 9.17) is 9.29 Å². The molecule has 5 heteroatoms. The van der Waals surface area contributed by atoms with Crippen LogP contribution in [0.4, 0.5) is 0 Å². The van der Waals surface area contributed by atoms with E-state index in [9.17, 15) is 4.21 Å². The zero-order valence-electron chi connectivity index (χ0n) is 9.18. The van der Waals surface area contributed by atoms with Crippen LogP contribution in [0.25, 0.3) is 10.9 Å². The van der Waals surface area contributed by atoms with Crippen molar-refractivity contribution < 1.29 is 13.5 Å². The van der Waals surface area contributed by atoms with Gasteiger partial charge in [-0.3, -0.25) is 0 Å². The van der Waals surface area contributed by atoms with Crippen molar-refractivity contribution in [2.75, 3.05) is 6.61 Å². The van der Waals surface area contributed by atoms with Gasteiger partial charge in [0.15, 0.2) is 11.1 Å². The summed E-state index contributed by atoms with van der Waals surface area (Å²) in [4.78, 5) is 3.39. The van der Waals surface area contributed by atoms with Crippen LogP contribution in [-0.4, -0.2) is 20.4 Å². The van der Waals surface area contributed by atoms with Gasteiger partial charge in [0.05, 0.1) is 17.0 Å². The van der Waals surface area contributed by atoms with Crippen LogP contribution < -0.4 is 4.74 Å². The van der Waals surface area contributed by atoms with Crippen LogP contribution in [0.3, 0.4) is 0 Å². The Balaban J connectivity index is 1.88. The predicted molar refractivity (Wildman–Crippen MR) is 65.6 cm³/mol. The summed E-state index contributed by atoms with van der Waals surface area (Å²) in [6.07, 6.45) is 4.09. The average molecular weight is 251 g/mol. The van der Waals surface area contributed by atoms with Crippen molar-refractivity contribution in [2.24, 2.45) is 5.92 Å². The Morgan fingerprint density at radius 3 is 3.00 bits per heavy atom. The largest absolute Gasteiger partial charge is 0.493 e. The number of aromatic nitrogens is 1. The third-order valence-electron chi connectivity index (χ3n) is 2.99. The molecule has 3 rings (SSSR count). The Morgan fingerprint density at radius 2 is 2.29 bits per heavy atom. The first-order valence-electron chi connectivity index (χ1n) is 5.59. The Bertz CT molecular complexity index is 574. The van der Waals surface area contributed by atoms with E-state index >= 15 is 0 Å². The molecule has 17 heavy (non-hydrogen) atoms. The minimum atomic E-state index is -1.95. The van der Waals surface area contributed by atoms with Crippen molar-refractivity contribution in [1.29, 1.82) is 0 Å². The molecule has 1 unspecified atom stereocenters. The van der Waals surface area contributed by atoms with Gasteiger partial charge in [-0.2, -0.15) is 0 Å². The van der Waals surface area contributed by atoms with E-state index < -0.39 is 11.1 Å². The molecular formula is C12H13NO3S. The normalized spacial score (nSPS) is 17.2. The topological polar surface area (TPSA) is 62.3 Å². The fraction of sp³-hybridized carbons (Fsp3) is 0.333. The summed E-state index contributed by atoms with van der Waals surface area (Å²) in [5.74, 6) is 1.52. The molecule has 2 aromatic rings. The summed E-state index contributed by atoms with van der Waals surface area (Å²) < 4.78 is 25.8. The molecule has 90 valence electrons. The first kappa shape index (κ1) is 10.8. The van der Waals surface area contributed by atoms with Gasteiger partial charge in [-0.1, -0.05) is 0 Å². The molecule has 0 aliphatic heterocycles. The van der Waals surface area contributed by atoms with E-state index in [1.54, 1.807) is 6.20 Å². The molecule has 4 nitrogen and oxygen atoms in total. The monoisotopic (exact) mass is 251 g/mol. The van der Waals surface area contributed by atoms with Crippen molar-refractivity contribution in [1.82, 2.24) is 4.98 Å². The highest BCUT2D eigenvalue weighted by atomic mass is 32.2. The lowest BCUT2D eigenvalue weighted by molar-refractivity contribution is 0.300. The Morgan fingerprint density at radius 1 is 1.47 bits per heavy atom. The second-order valence-electron chi connectivity index (χ2n) is 4.36. The lowest BCUT2D eigenvalue weighted by Crippen LogP contribution is -1.98. The molecule has 1 saturated carbocycles. The molecule has 1 fully saturated rings. The summed E-state index contributed by atoms with van der Waals surface area (Å²) in [6.45, 7) is 0.769. The summed E-state index contributed by atoms with van der Waals surface area (Å²) in [7, 11) is 0.